The molecule has 1 aromatic heterocycles. The molecule has 0 saturated heterocycles. The second-order valence-electron chi connectivity index (χ2n) is 7.85. The Morgan fingerprint density at radius 1 is 1.19 bits per heavy atom. The minimum absolute atomic E-state index is 0.0709. The second kappa shape index (κ2) is 7.37. The molecule has 5 rings (SSSR count). The van der Waals surface area contributed by atoms with Gasteiger partial charge in [0, 0.05) is 15.7 Å². The van der Waals surface area contributed by atoms with Crippen molar-refractivity contribution in [1.82, 2.24) is 15.0 Å². The summed E-state index contributed by atoms with van der Waals surface area (Å²) in [6, 6.07) is 12.2. The van der Waals surface area contributed by atoms with Gasteiger partial charge in [0.25, 0.3) is 0 Å². The van der Waals surface area contributed by atoms with Crippen LogP contribution < -0.4 is 10.2 Å². The molecule has 2 aliphatic rings. The zero-order valence-corrected chi connectivity index (χ0v) is 18.5. The molecule has 0 aliphatic carbocycles. The van der Waals surface area contributed by atoms with Gasteiger partial charge in [-0.1, -0.05) is 46.5 Å². The van der Waals surface area contributed by atoms with Crippen molar-refractivity contribution in [3.05, 3.63) is 69.3 Å². The highest BCUT2D eigenvalue weighted by atomic mass is 35.5. The molecule has 0 fully saturated rings. The molecule has 1 N–H and O–H groups in total. The zero-order valence-electron chi connectivity index (χ0n) is 17.0. The molecule has 0 saturated carbocycles. The minimum atomic E-state index is -1.34. The van der Waals surface area contributed by atoms with Gasteiger partial charge in [-0.2, -0.15) is 0 Å². The van der Waals surface area contributed by atoms with Crippen LogP contribution in [0.5, 0.6) is 0 Å². The van der Waals surface area contributed by atoms with E-state index in [0.29, 0.717) is 32.8 Å². The smallest absolute Gasteiger partial charge is 0.245 e. The summed E-state index contributed by atoms with van der Waals surface area (Å²) in [6.07, 6.45) is 5.42. The van der Waals surface area contributed by atoms with Crippen LogP contribution in [0.1, 0.15) is 36.2 Å². The summed E-state index contributed by atoms with van der Waals surface area (Å²) in [7, 11) is 0. The Bertz CT molecular complexity index is 1310. The summed E-state index contributed by atoms with van der Waals surface area (Å²) in [4.78, 5) is 28.2. The van der Waals surface area contributed by atoms with E-state index in [0.717, 1.165) is 5.56 Å². The van der Waals surface area contributed by atoms with Gasteiger partial charge in [-0.05, 0) is 48.4 Å². The van der Waals surface area contributed by atoms with E-state index in [1.807, 2.05) is 19.1 Å². The number of aromatic nitrogens is 3. The van der Waals surface area contributed by atoms with Gasteiger partial charge in [-0.25, -0.2) is 4.68 Å². The highest BCUT2D eigenvalue weighted by Crippen LogP contribution is 2.52. The molecule has 3 heterocycles. The first-order valence-corrected chi connectivity index (χ1v) is 10.7. The van der Waals surface area contributed by atoms with Crippen molar-refractivity contribution in [3.63, 3.8) is 0 Å². The number of carbonyl (C=O) groups excluding carboxylic acids is 2. The maximum absolute atomic E-state index is 13.8. The SMILES string of the molecule is C#CCN1C(=O)[C@]2(CC(=O)Nc3c2nnn3[C@@H](C)c2ccc(Cl)cc2)c2cc(Cl)ccc21. The van der Waals surface area contributed by atoms with Gasteiger partial charge in [0.15, 0.2) is 5.82 Å². The molecule has 3 aromatic rings. The fraction of sp³-hybridized carbons (Fsp3) is 0.217. The average Bonchev–Trinajstić information content (AvgIpc) is 3.28. The van der Waals surface area contributed by atoms with E-state index in [4.69, 9.17) is 29.6 Å². The Balaban J connectivity index is 1.70. The van der Waals surface area contributed by atoms with Crippen molar-refractivity contribution in [2.75, 3.05) is 16.8 Å². The van der Waals surface area contributed by atoms with Crippen LogP contribution in [0, 0.1) is 12.3 Å². The topological polar surface area (TPSA) is 80.1 Å². The van der Waals surface area contributed by atoms with Crippen LogP contribution in [-0.4, -0.2) is 33.4 Å². The van der Waals surface area contributed by atoms with Crippen LogP contribution in [0.25, 0.3) is 0 Å². The number of benzene rings is 2. The van der Waals surface area contributed by atoms with E-state index < -0.39 is 5.41 Å². The predicted octanol–water partition coefficient (Wildman–Crippen LogP) is 3.80. The Morgan fingerprint density at radius 3 is 2.62 bits per heavy atom. The lowest BCUT2D eigenvalue weighted by Gasteiger charge is -2.31. The first-order chi connectivity index (χ1) is 15.4. The summed E-state index contributed by atoms with van der Waals surface area (Å²) < 4.78 is 1.61. The number of nitrogens with one attached hydrogen (secondary N) is 1. The van der Waals surface area contributed by atoms with E-state index in [1.165, 1.54) is 4.90 Å². The number of hydrogen-bond donors (Lipinski definition) is 1. The molecule has 7 nitrogen and oxygen atoms in total. The molecular formula is C23H17Cl2N5O2. The third-order valence-corrected chi connectivity index (χ3v) is 6.56. The maximum atomic E-state index is 13.8. The van der Waals surface area contributed by atoms with Crippen molar-refractivity contribution in [1.29, 1.82) is 0 Å². The lowest BCUT2D eigenvalue weighted by atomic mass is 9.73. The van der Waals surface area contributed by atoms with Crippen LogP contribution in [0.15, 0.2) is 42.5 Å². The van der Waals surface area contributed by atoms with Gasteiger partial charge in [0.05, 0.1) is 19.0 Å². The van der Waals surface area contributed by atoms with Crippen LogP contribution in [0.2, 0.25) is 10.0 Å². The highest BCUT2D eigenvalue weighted by Gasteiger charge is 2.58. The largest absolute Gasteiger partial charge is 0.309 e. The van der Waals surface area contributed by atoms with E-state index in [9.17, 15) is 9.59 Å². The summed E-state index contributed by atoms with van der Waals surface area (Å²) in [5, 5.41) is 12.7. The third-order valence-electron chi connectivity index (χ3n) is 6.07. The van der Waals surface area contributed by atoms with Crippen LogP contribution in [0.3, 0.4) is 0 Å². The quantitative estimate of drug-likeness (QED) is 0.596. The minimum Gasteiger partial charge on any atom is -0.309 e. The summed E-state index contributed by atoms with van der Waals surface area (Å²) >= 11 is 12.3. The van der Waals surface area contributed by atoms with E-state index in [2.05, 4.69) is 21.5 Å². The van der Waals surface area contributed by atoms with Crippen molar-refractivity contribution >= 4 is 46.5 Å². The number of amides is 2. The fourth-order valence-corrected chi connectivity index (χ4v) is 4.84. The van der Waals surface area contributed by atoms with Gasteiger partial charge in [0.1, 0.15) is 11.1 Å². The molecule has 2 atom stereocenters. The zero-order chi connectivity index (χ0) is 22.6. The van der Waals surface area contributed by atoms with Gasteiger partial charge in [-0.3, -0.25) is 14.5 Å². The fourth-order valence-electron chi connectivity index (χ4n) is 4.54. The Hall–Kier alpha value is -3.34. The van der Waals surface area contributed by atoms with Crippen LogP contribution in [-0.2, 0) is 15.0 Å². The van der Waals surface area contributed by atoms with E-state index in [1.54, 1.807) is 35.0 Å². The number of fused-ring (bicyclic) bond motifs is 4. The number of anilines is 2. The van der Waals surface area contributed by atoms with Gasteiger partial charge < -0.3 is 5.32 Å². The van der Waals surface area contributed by atoms with Crippen LogP contribution in [0.4, 0.5) is 11.5 Å². The average molecular weight is 466 g/mol. The number of terminal acetylenes is 1. The number of hydrogen-bond acceptors (Lipinski definition) is 4. The molecule has 0 unspecified atom stereocenters. The molecule has 2 amide bonds. The normalized spacial score (nSPS) is 20.0. The Labute approximate surface area is 194 Å². The first-order valence-electron chi connectivity index (χ1n) is 9.93. The van der Waals surface area contributed by atoms with Crippen LogP contribution >= 0.6 is 23.2 Å². The number of nitrogens with zero attached hydrogens (tertiary/aromatic N) is 4. The van der Waals surface area contributed by atoms with Gasteiger partial charge in [0.2, 0.25) is 11.8 Å². The summed E-state index contributed by atoms with van der Waals surface area (Å²) in [6.45, 7) is 2.00. The Morgan fingerprint density at radius 2 is 1.91 bits per heavy atom. The van der Waals surface area contributed by atoms with E-state index in [-0.39, 0.29) is 30.8 Å². The van der Waals surface area contributed by atoms with Crippen molar-refractivity contribution in [2.45, 2.75) is 24.8 Å². The van der Waals surface area contributed by atoms with Gasteiger partial charge >= 0.3 is 0 Å². The summed E-state index contributed by atoms with van der Waals surface area (Å²) in [5.74, 6) is 2.28. The standard InChI is InChI=1S/C23H17Cl2N5O2/c1-3-10-29-18-9-8-16(25)11-17(18)23(22(29)32)12-19(31)26-21-20(23)27-28-30(21)13(2)14-4-6-15(24)7-5-14/h1,4-9,11,13H,10,12H2,2H3,(H,26,31)/t13-,23+/m0/s1. The van der Waals surface area contributed by atoms with Crippen molar-refractivity contribution in [2.24, 2.45) is 0 Å². The van der Waals surface area contributed by atoms with Gasteiger partial charge in [-0.15, -0.1) is 11.5 Å². The predicted molar refractivity (Wildman–Crippen MR) is 122 cm³/mol. The molecule has 0 bridgehead atoms. The molecule has 1 spiro atoms. The highest BCUT2D eigenvalue weighted by molar-refractivity contribution is 6.31. The number of rotatable bonds is 3. The molecule has 32 heavy (non-hydrogen) atoms. The lowest BCUT2D eigenvalue weighted by Crippen LogP contribution is -2.47. The molecule has 160 valence electrons. The first kappa shape index (κ1) is 20.6. The summed E-state index contributed by atoms with van der Waals surface area (Å²) in [5.41, 5.74) is 1.19. The number of carbonyl (C=O) groups is 2. The van der Waals surface area contributed by atoms with Crippen molar-refractivity contribution in [3.8, 4) is 12.3 Å². The molecular weight excluding hydrogens is 449 g/mol. The lowest BCUT2D eigenvalue weighted by molar-refractivity contribution is -0.126. The molecule has 0 radical (unpaired) electrons. The molecule has 2 aliphatic heterocycles. The third kappa shape index (κ3) is 2.84. The maximum Gasteiger partial charge on any atom is 0.245 e. The van der Waals surface area contributed by atoms with E-state index >= 15 is 0 Å². The monoisotopic (exact) mass is 465 g/mol. The molecule has 2 aromatic carbocycles. The second-order valence-corrected chi connectivity index (χ2v) is 8.72. The van der Waals surface area contributed by atoms with Crippen molar-refractivity contribution < 1.29 is 9.59 Å². The molecule has 9 heteroatoms. The number of halogens is 2. The Kier molecular flexibility index (Phi) is 4.73.